The van der Waals surface area contributed by atoms with Gasteiger partial charge >= 0.3 is 5.97 Å². The quantitative estimate of drug-likeness (QED) is 0.292. The van der Waals surface area contributed by atoms with E-state index in [-0.39, 0.29) is 12.1 Å². The fourth-order valence-corrected chi connectivity index (χ4v) is 1.38. The summed E-state index contributed by atoms with van der Waals surface area (Å²) in [6.07, 6.45) is 12.1. The number of carbonyl (C=O) groups excluding carboxylic acids is 1. The van der Waals surface area contributed by atoms with E-state index in [0.29, 0.717) is 6.61 Å². The summed E-state index contributed by atoms with van der Waals surface area (Å²) in [6, 6.07) is 0. The van der Waals surface area contributed by atoms with Crippen molar-refractivity contribution in [2.45, 2.75) is 52.1 Å². The van der Waals surface area contributed by atoms with E-state index in [1.54, 1.807) is 13.0 Å². The van der Waals surface area contributed by atoms with Crippen molar-refractivity contribution in [2.24, 2.45) is 0 Å². The SMILES string of the molecule is CCOC(=O)/C=C\C=C\CCCCC[C@@H](C)O. The molecule has 0 aromatic carbocycles. The third kappa shape index (κ3) is 12.8. The van der Waals surface area contributed by atoms with Gasteiger partial charge in [0.25, 0.3) is 0 Å². The first kappa shape index (κ1) is 15.9. The summed E-state index contributed by atoms with van der Waals surface area (Å²) in [7, 11) is 0. The molecule has 0 aromatic rings. The molecule has 0 aliphatic heterocycles. The van der Waals surface area contributed by atoms with E-state index in [1.807, 2.05) is 19.1 Å². The van der Waals surface area contributed by atoms with Gasteiger partial charge < -0.3 is 9.84 Å². The van der Waals surface area contributed by atoms with Crippen molar-refractivity contribution in [1.29, 1.82) is 0 Å². The van der Waals surface area contributed by atoms with Crippen molar-refractivity contribution in [3.63, 3.8) is 0 Å². The lowest BCUT2D eigenvalue weighted by Crippen LogP contribution is -1.98. The van der Waals surface area contributed by atoms with Gasteiger partial charge in [-0.2, -0.15) is 0 Å². The Hall–Kier alpha value is -1.09. The van der Waals surface area contributed by atoms with Crippen LogP contribution >= 0.6 is 0 Å². The maximum Gasteiger partial charge on any atom is 0.330 e. The molecule has 0 saturated heterocycles. The van der Waals surface area contributed by atoms with E-state index >= 15 is 0 Å². The molecule has 0 aliphatic carbocycles. The maximum absolute atomic E-state index is 10.9. The van der Waals surface area contributed by atoms with Gasteiger partial charge in [0.2, 0.25) is 0 Å². The molecule has 98 valence electrons. The molecule has 0 radical (unpaired) electrons. The molecule has 0 saturated carbocycles. The Morgan fingerprint density at radius 3 is 2.71 bits per heavy atom. The first-order chi connectivity index (χ1) is 8.16. The number of allylic oxidation sites excluding steroid dienone is 3. The van der Waals surface area contributed by atoms with Crippen molar-refractivity contribution < 1.29 is 14.6 Å². The van der Waals surface area contributed by atoms with Gasteiger partial charge in [-0.15, -0.1) is 0 Å². The summed E-state index contributed by atoms with van der Waals surface area (Å²) in [5, 5.41) is 9.05. The second-order valence-electron chi connectivity index (χ2n) is 4.03. The zero-order valence-corrected chi connectivity index (χ0v) is 10.9. The molecule has 0 bridgehead atoms. The molecule has 0 amide bonds. The van der Waals surface area contributed by atoms with Crippen molar-refractivity contribution in [1.82, 2.24) is 0 Å². The lowest BCUT2D eigenvalue weighted by molar-refractivity contribution is -0.137. The van der Waals surface area contributed by atoms with Gasteiger partial charge in [0, 0.05) is 6.08 Å². The smallest absolute Gasteiger partial charge is 0.330 e. The summed E-state index contributed by atoms with van der Waals surface area (Å²) < 4.78 is 4.74. The molecule has 17 heavy (non-hydrogen) atoms. The maximum atomic E-state index is 10.9. The van der Waals surface area contributed by atoms with Crippen LogP contribution in [-0.2, 0) is 9.53 Å². The lowest BCUT2D eigenvalue weighted by atomic mass is 10.1. The predicted octanol–water partition coefficient (Wildman–Crippen LogP) is 2.99. The highest BCUT2D eigenvalue weighted by molar-refractivity contribution is 5.82. The van der Waals surface area contributed by atoms with Crippen LogP contribution in [0.15, 0.2) is 24.3 Å². The van der Waals surface area contributed by atoms with Crippen LogP contribution in [0.5, 0.6) is 0 Å². The molecule has 0 aliphatic rings. The minimum absolute atomic E-state index is 0.182. The topological polar surface area (TPSA) is 46.5 Å². The normalized spacial score (nSPS) is 13.4. The van der Waals surface area contributed by atoms with E-state index in [0.717, 1.165) is 32.1 Å². The second kappa shape index (κ2) is 11.4. The fourth-order valence-electron chi connectivity index (χ4n) is 1.38. The van der Waals surface area contributed by atoms with Crippen molar-refractivity contribution in [3.05, 3.63) is 24.3 Å². The molecular weight excluding hydrogens is 216 g/mol. The molecule has 0 spiro atoms. The number of hydrogen-bond donors (Lipinski definition) is 1. The van der Waals surface area contributed by atoms with Crippen LogP contribution in [0, 0.1) is 0 Å². The third-order valence-electron chi connectivity index (χ3n) is 2.26. The number of hydrogen-bond acceptors (Lipinski definition) is 3. The number of esters is 1. The number of rotatable bonds is 9. The van der Waals surface area contributed by atoms with E-state index in [2.05, 4.69) is 0 Å². The molecule has 0 heterocycles. The molecule has 3 nitrogen and oxygen atoms in total. The first-order valence-electron chi connectivity index (χ1n) is 6.34. The summed E-state index contributed by atoms with van der Waals surface area (Å²) in [4.78, 5) is 10.9. The summed E-state index contributed by atoms with van der Waals surface area (Å²) in [5.74, 6) is -0.297. The highest BCUT2D eigenvalue weighted by Gasteiger charge is 1.94. The Morgan fingerprint density at radius 1 is 1.29 bits per heavy atom. The van der Waals surface area contributed by atoms with Crippen molar-refractivity contribution in [3.8, 4) is 0 Å². The van der Waals surface area contributed by atoms with Gasteiger partial charge in [-0.05, 0) is 33.1 Å². The number of aliphatic hydroxyl groups excluding tert-OH is 1. The Bertz CT molecular complexity index is 242. The van der Waals surface area contributed by atoms with Gasteiger partial charge in [-0.3, -0.25) is 0 Å². The summed E-state index contributed by atoms with van der Waals surface area (Å²) >= 11 is 0. The minimum atomic E-state index is -0.297. The third-order valence-corrected chi connectivity index (χ3v) is 2.26. The van der Waals surface area contributed by atoms with Crippen LogP contribution in [0.1, 0.15) is 46.0 Å². The minimum Gasteiger partial charge on any atom is -0.463 e. The van der Waals surface area contributed by atoms with E-state index < -0.39 is 0 Å². The first-order valence-corrected chi connectivity index (χ1v) is 6.34. The van der Waals surface area contributed by atoms with Crippen LogP contribution in [0.25, 0.3) is 0 Å². The van der Waals surface area contributed by atoms with Crippen LogP contribution in [0.3, 0.4) is 0 Å². The number of unbranched alkanes of at least 4 members (excludes halogenated alkanes) is 3. The van der Waals surface area contributed by atoms with Crippen LogP contribution in [0.2, 0.25) is 0 Å². The second-order valence-corrected chi connectivity index (χ2v) is 4.03. The van der Waals surface area contributed by atoms with Crippen LogP contribution in [-0.4, -0.2) is 23.8 Å². The summed E-state index contributed by atoms with van der Waals surface area (Å²) in [5.41, 5.74) is 0. The highest BCUT2D eigenvalue weighted by atomic mass is 16.5. The molecule has 0 aromatic heterocycles. The van der Waals surface area contributed by atoms with Gasteiger partial charge in [0.05, 0.1) is 12.7 Å². The molecule has 0 unspecified atom stereocenters. The zero-order valence-electron chi connectivity index (χ0n) is 10.9. The largest absolute Gasteiger partial charge is 0.463 e. The molecule has 3 heteroatoms. The highest BCUT2D eigenvalue weighted by Crippen LogP contribution is 2.05. The summed E-state index contributed by atoms with van der Waals surface area (Å²) in [6.45, 7) is 4.02. The molecule has 0 fully saturated rings. The van der Waals surface area contributed by atoms with Crippen molar-refractivity contribution in [2.75, 3.05) is 6.61 Å². The van der Waals surface area contributed by atoms with E-state index in [1.165, 1.54) is 6.08 Å². The van der Waals surface area contributed by atoms with Crippen LogP contribution in [0.4, 0.5) is 0 Å². The zero-order chi connectivity index (χ0) is 12.9. The van der Waals surface area contributed by atoms with Gasteiger partial charge in [0.1, 0.15) is 0 Å². The van der Waals surface area contributed by atoms with E-state index in [4.69, 9.17) is 9.84 Å². The Balaban J connectivity index is 3.39. The molecular formula is C14H24O3. The Labute approximate surface area is 104 Å². The van der Waals surface area contributed by atoms with Gasteiger partial charge in [-0.1, -0.05) is 31.1 Å². The fraction of sp³-hybridized carbons (Fsp3) is 0.643. The number of aliphatic hydroxyl groups is 1. The number of ether oxygens (including phenoxy) is 1. The van der Waals surface area contributed by atoms with Crippen molar-refractivity contribution >= 4 is 5.97 Å². The lowest BCUT2D eigenvalue weighted by Gasteiger charge is -2.01. The Kier molecular flexibility index (Phi) is 10.7. The van der Waals surface area contributed by atoms with Gasteiger partial charge in [0.15, 0.2) is 0 Å². The molecule has 1 N–H and O–H groups in total. The monoisotopic (exact) mass is 240 g/mol. The standard InChI is InChI=1S/C14H24O3/c1-3-17-14(16)12-10-8-6-4-5-7-9-11-13(2)15/h6,8,10,12-13,15H,3-5,7,9,11H2,1-2H3/b8-6+,12-10-/t13-/m1/s1. The number of carbonyl (C=O) groups is 1. The molecule has 0 rings (SSSR count). The predicted molar refractivity (Wildman–Crippen MR) is 69.7 cm³/mol. The van der Waals surface area contributed by atoms with Crippen LogP contribution < -0.4 is 0 Å². The average Bonchev–Trinajstić information content (AvgIpc) is 2.27. The van der Waals surface area contributed by atoms with E-state index in [9.17, 15) is 4.79 Å². The molecule has 1 atom stereocenters. The van der Waals surface area contributed by atoms with Gasteiger partial charge in [-0.25, -0.2) is 4.79 Å². The Morgan fingerprint density at radius 2 is 2.06 bits per heavy atom. The average molecular weight is 240 g/mol.